The Morgan fingerprint density at radius 1 is 1.55 bits per heavy atom. The Morgan fingerprint density at radius 3 is 2.90 bits per heavy atom. The van der Waals surface area contributed by atoms with Crippen LogP contribution in [0.2, 0.25) is 5.02 Å². The number of nitro groups is 1. The number of halogens is 1. The van der Waals surface area contributed by atoms with E-state index >= 15 is 0 Å². The van der Waals surface area contributed by atoms with Crippen LogP contribution < -0.4 is 10.6 Å². The van der Waals surface area contributed by atoms with Crippen molar-refractivity contribution in [3.8, 4) is 0 Å². The third-order valence-corrected chi connectivity index (χ3v) is 3.88. The predicted molar refractivity (Wildman–Crippen MR) is 76.9 cm³/mol. The normalized spacial score (nSPS) is 22.3. The van der Waals surface area contributed by atoms with Crippen LogP contribution in [0.1, 0.15) is 19.8 Å². The predicted octanol–water partition coefficient (Wildman–Crippen LogP) is 2.58. The summed E-state index contributed by atoms with van der Waals surface area (Å²) >= 11 is 5.98. The maximum Gasteiger partial charge on any atom is 0.271 e. The third-order valence-electron chi connectivity index (χ3n) is 3.55. The van der Waals surface area contributed by atoms with Gasteiger partial charge in [-0.05, 0) is 32.4 Å². The minimum atomic E-state index is -0.522. The van der Waals surface area contributed by atoms with Crippen molar-refractivity contribution in [2.24, 2.45) is 5.41 Å². The zero-order valence-corrected chi connectivity index (χ0v) is 11.9. The number of carbonyl (C=O) groups excluding carboxylic acids is 1. The van der Waals surface area contributed by atoms with Crippen LogP contribution in [0, 0.1) is 15.5 Å². The van der Waals surface area contributed by atoms with E-state index in [1.54, 1.807) is 0 Å². The summed E-state index contributed by atoms with van der Waals surface area (Å²) in [5.41, 5.74) is -0.346. The number of nitrogens with zero attached hydrogens (tertiary/aromatic N) is 1. The number of amides is 1. The van der Waals surface area contributed by atoms with Crippen LogP contribution in [-0.2, 0) is 4.79 Å². The van der Waals surface area contributed by atoms with E-state index in [2.05, 4.69) is 10.6 Å². The molecule has 20 heavy (non-hydrogen) atoms. The number of nitro benzene ring substituents is 1. The first kappa shape index (κ1) is 14.7. The Morgan fingerprint density at radius 2 is 2.30 bits per heavy atom. The molecule has 1 aliphatic rings. The average molecular weight is 298 g/mol. The molecule has 1 fully saturated rings. The fourth-order valence-electron chi connectivity index (χ4n) is 2.25. The Bertz CT molecular complexity index is 542. The fourth-order valence-corrected chi connectivity index (χ4v) is 2.41. The van der Waals surface area contributed by atoms with Crippen molar-refractivity contribution < 1.29 is 9.72 Å². The SMILES string of the molecule is CC1(C(=O)Nc2cc([N+](=O)[O-])ccc2Cl)CCCNC1. The molecule has 108 valence electrons. The minimum Gasteiger partial charge on any atom is -0.324 e. The molecule has 1 heterocycles. The lowest BCUT2D eigenvalue weighted by Gasteiger charge is -2.32. The Hall–Kier alpha value is -1.66. The molecule has 1 atom stereocenters. The highest BCUT2D eigenvalue weighted by atomic mass is 35.5. The molecule has 1 aromatic rings. The van der Waals surface area contributed by atoms with Gasteiger partial charge in [0.05, 0.1) is 21.0 Å². The van der Waals surface area contributed by atoms with Crippen LogP contribution in [0.4, 0.5) is 11.4 Å². The lowest BCUT2D eigenvalue weighted by Crippen LogP contribution is -2.46. The highest BCUT2D eigenvalue weighted by Gasteiger charge is 2.35. The number of piperidine rings is 1. The van der Waals surface area contributed by atoms with Crippen molar-refractivity contribution in [1.29, 1.82) is 0 Å². The quantitative estimate of drug-likeness (QED) is 0.663. The molecule has 2 rings (SSSR count). The molecule has 7 heteroatoms. The van der Waals surface area contributed by atoms with Crippen molar-refractivity contribution in [3.63, 3.8) is 0 Å². The van der Waals surface area contributed by atoms with Crippen LogP contribution in [0.15, 0.2) is 18.2 Å². The standard InChI is InChI=1S/C13H16ClN3O3/c1-13(5-2-6-15-8-13)12(18)16-11-7-9(17(19)20)3-4-10(11)14/h3-4,7,15H,2,5-6,8H2,1H3,(H,16,18). The number of rotatable bonds is 3. The molecule has 0 spiro atoms. The number of nitrogens with one attached hydrogen (secondary N) is 2. The van der Waals surface area contributed by atoms with E-state index in [1.165, 1.54) is 18.2 Å². The highest BCUT2D eigenvalue weighted by molar-refractivity contribution is 6.33. The second-order valence-corrected chi connectivity index (χ2v) is 5.62. The van der Waals surface area contributed by atoms with Gasteiger partial charge in [0.2, 0.25) is 5.91 Å². The first-order valence-electron chi connectivity index (χ1n) is 6.38. The summed E-state index contributed by atoms with van der Waals surface area (Å²) in [6, 6.07) is 4.00. The molecule has 2 N–H and O–H groups in total. The van der Waals surface area contributed by atoms with E-state index in [4.69, 9.17) is 11.6 Å². The first-order chi connectivity index (χ1) is 9.42. The summed E-state index contributed by atoms with van der Waals surface area (Å²) in [6.07, 6.45) is 1.70. The van der Waals surface area contributed by atoms with Crippen LogP contribution in [-0.4, -0.2) is 23.9 Å². The monoisotopic (exact) mass is 297 g/mol. The highest BCUT2D eigenvalue weighted by Crippen LogP contribution is 2.31. The molecule has 0 bridgehead atoms. The number of benzene rings is 1. The number of hydrogen-bond acceptors (Lipinski definition) is 4. The van der Waals surface area contributed by atoms with Crippen molar-refractivity contribution in [3.05, 3.63) is 33.3 Å². The molecule has 1 saturated heterocycles. The first-order valence-corrected chi connectivity index (χ1v) is 6.76. The van der Waals surface area contributed by atoms with E-state index in [9.17, 15) is 14.9 Å². The van der Waals surface area contributed by atoms with Gasteiger partial charge in [0, 0.05) is 18.7 Å². The average Bonchev–Trinajstić information content (AvgIpc) is 2.41. The van der Waals surface area contributed by atoms with E-state index < -0.39 is 10.3 Å². The van der Waals surface area contributed by atoms with Crippen LogP contribution in [0.25, 0.3) is 0 Å². The van der Waals surface area contributed by atoms with Crippen LogP contribution in [0.3, 0.4) is 0 Å². The molecule has 1 aliphatic heterocycles. The second-order valence-electron chi connectivity index (χ2n) is 5.22. The van der Waals surface area contributed by atoms with Gasteiger partial charge in [-0.25, -0.2) is 0 Å². The van der Waals surface area contributed by atoms with Gasteiger partial charge in [0.25, 0.3) is 5.69 Å². The van der Waals surface area contributed by atoms with Crippen molar-refractivity contribution in [2.45, 2.75) is 19.8 Å². The van der Waals surface area contributed by atoms with Crippen molar-refractivity contribution in [2.75, 3.05) is 18.4 Å². The lowest BCUT2D eigenvalue weighted by molar-refractivity contribution is -0.384. The van der Waals surface area contributed by atoms with Crippen molar-refractivity contribution >= 4 is 28.9 Å². The van der Waals surface area contributed by atoms with Gasteiger partial charge >= 0.3 is 0 Å². The molecule has 1 amide bonds. The van der Waals surface area contributed by atoms with E-state index in [0.29, 0.717) is 6.54 Å². The smallest absolute Gasteiger partial charge is 0.271 e. The topological polar surface area (TPSA) is 84.3 Å². The molecule has 0 aromatic heterocycles. The molecule has 6 nitrogen and oxygen atoms in total. The molecule has 1 unspecified atom stereocenters. The maximum atomic E-state index is 12.3. The van der Waals surface area contributed by atoms with Gasteiger partial charge in [-0.1, -0.05) is 11.6 Å². The van der Waals surface area contributed by atoms with E-state index in [-0.39, 0.29) is 22.3 Å². The summed E-state index contributed by atoms with van der Waals surface area (Å²) < 4.78 is 0. The summed E-state index contributed by atoms with van der Waals surface area (Å²) in [5.74, 6) is -0.174. The maximum absolute atomic E-state index is 12.3. The van der Waals surface area contributed by atoms with Crippen molar-refractivity contribution in [1.82, 2.24) is 5.32 Å². The lowest BCUT2D eigenvalue weighted by atomic mass is 9.82. The molecular formula is C13H16ClN3O3. The molecule has 0 saturated carbocycles. The van der Waals surface area contributed by atoms with Gasteiger partial charge in [-0.3, -0.25) is 14.9 Å². The minimum absolute atomic E-state index is 0.100. The summed E-state index contributed by atoms with van der Waals surface area (Å²) in [6.45, 7) is 3.37. The number of anilines is 1. The Kier molecular flexibility index (Phi) is 4.25. The van der Waals surface area contributed by atoms with Gasteiger partial charge in [0.15, 0.2) is 0 Å². The summed E-state index contributed by atoms with van der Waals surface area (Å²) in [7, 11) is 0. The fraction of sp³-hybridized carbons (Fsp3) is 0.462. The van der Waals surface area contributed by atoms with Gasteiger partial charge in [0.1, 0.15) is 0 Å². The second kappa shape index (κ2) is 5.76. The Balaban J connectivity index is 2.18. The molecule has 1 aromatic carbocycles. The summed E-state index contributed by atoms with van der Waals surface area (Å²) in [4.78, 5) is 22.6. The van der Waals surface area contributed by atoms with Gasteiger partial charge in [-0.15, -0.1) is 0 Å². The summed E-state index contributed by atoms with van der Waals surface area (Å²) in [5, 5.41) is 16.9. The molecule has 0 radical (unpaired) electrons. The van der Waals surface area contributed by atoms with Gasteiger partial charge < -0.3 is 10.6 Å². The van der Waals surface area contributed by atoms with Crippen LogP contribution in [0.5, 0.6) is 0 Å². The third kappa shape index (κ3) is 3.08. The molecule has 0 aliphatic carbocycles. The van der Waals surface area contributed by atoms with Crippen LogP contribution >= 0.6 is 11.6 Å². The number of carbonyl (C=O) groups is 1. The Labute approximate surface area is 121 Å². The zero-order valence-electron chi connectivity index (χ0n) is 11.1. The number of non-ortho nitro benzene ring substituents is 1. The zero-order chi connectivity index (χ0) is 14.8. The molecular weight excluding hydrogens is 282 g/mol. The number of hydrogen-bond donors (Lipinski definition) is 2. The largest absolute Gasteiger partial charge is 0.324 e. The van der Waals surface area contributed by atoms with Gasteiger partial charge in [-0.2, -0.15) is 0 Å². The van der Waals surface area contributed by atoms with E-state index in [1.807, 2.05) is 6.92 Å². The van der Waals surface area contributed by atoms with E-state index in [0.717, 1.165) is 19.4 Å².